The van der Waals surface area contributed by atoms with Crippen LogP contribution in [0.25, 0.3) is 22.0 Å². The van der Waals surface area contributed by atoms with Gasteiger partial charge in [0.25, 0.3) is 0 Å². The highest BCUT2D eigenvalue weighted by Crippen LogP contribution is 2.41. The third kappa shape index (κ3) is 13.6. The first-order chi connectivity index (χ1) is 29.5. The SMILES string of the molecule is CC(C)(C)[Si](C)(C)O[C@@H](CNCCCCCCCCCN1CCC(OC(=O)Nc2ccccc2-c2ccccc2)CC1)c1ccc(OCc2ccccc2)c2[nH]c(=O)ccc12. The lowest BCUT2D eigenvalue weighted by Gasteiger charge is -2.39. The number of carbonyl (C=O) groups is 1. The molecule has 0 bridgehead atoms. The monoisotopic (exact) mass is 844 g/mol. The van der Waals surface area contributed by atoms with Crippen molar-refractivity contribution in [3.05, 3.63) is 131 Å². The van der Waals surface area contributed by atoms with Crippen molar-refractivity contribution < 1.29 is 18.7 Å². The molecule has 0 unspecified atom stereocenters. The number of piperidine rings is 1. The summed E-state index contributed by atoms with van der Waals surface area (Å²) in [5.41, 5.74) is 5.51. The number of hydrogen-bond donors (Lipinski definition) is 3. The molecular formula is C51H68N4O5Si. The summed E-state index contributed by atoms with van der Waals surface area (Å²) >= 11 is 0. The number of para-hydroxylation sites is 1. The number of aromatic amines is 1. The maximum atomic E-state index is 12.8. The van der Waals surface area contributed by atoms with E-state index in [0.29, 0.717) is 24.4 Å². The summed E-state index contributed by atoms with van der Waals surface area (Å²) in [7, 11) is -2.13. The lowest BCUT2D eigenvalue weighted by molar-refractivity contribution is 0.0584. The Balaban J connectivity index is 0.878. The lowest BCUT2D eigenvalue weighted by atomic mass is 10.0. The summed E-state index contributed by atoms with van der Waals surface area (Å²) in [5.74, 6) is 0.662. The molecule has 4 aromatic carbocycles. The van der Waals surface area contributed by atoms with E-state index in [0.717, 1.165) is 78.8 Å². The van der Waals surface area contributed by atoms with Gasteiger partial charge in [-0.05, 0) is 91.8 Å². The molecule has 1 aliphatic heterocycles. The number of H-pyrrole nitrogens is 1. The number of anilines is 1. The smallest absolute Gasteiger partial charge is 0.411 e. The number of nitrogens with zero attached hydrogens (tertiary/aromatic N) is 1. The molecule has 0 radical (unpaired) electrons. The molecule has 0 spiro atoms. The molecule has 5 aromatic rings. The molecule has 326 valence electrons. The Kier molecular flexibility index (Phi) is 16.8. The summed E-state index contributed by atoms with van der Waals surface area (Å²) in [4.78, 5) is 30.9. The molecule has 1 aromatic heterocycles. The molecule has 1 fully saturated rings. The number of benzene rings is 4. The predicted molar refractivity (Wildman–Crippen MR) is 253 cm³/mol. The molecule has 10 heteroatoms. The Morgan fingerprint density at radius 3 is 2.18 bits per heavy atom. The fourth-order valence-electron chi connectivity index (χ4n) is 7.84. The van der Waals surface area contributed by atoms with Gasteiger partial charge in [-0.3, -0.25) is 10.1 Å². The van der Waals surface area contributed by atoms with Crippen LogP contribution in [0.3, 0.4) is 0 Å². The Labute approximate surface area is 364 Å². The number of amides is 1. The molecule has 1 amide bonds. The van der Waals surface area contributed by atoms with Crippen LogP contribution in [0.1, 0.15) is 95.8 Å². The van der Waals surface area contributed by atoms with Gasteiger partial charge in [0, 0.05) is 36.7 Å². The van der Waals surface area contributed by atoms with Gasteiger partial charge in [-0.1, -0.05) is 138 Å². The summed E-state index contributed by atoms with van der Waals surface area (Å²) in [6, 6.07) is 35.6. The van der Waals surface area contributed by atoms with E-state index >= 15 is 0 Å². The van der Waals surface area contributed by atoms with E-state index in [1.807, 2.05) is 97.1 Å². The van der Waals surface area contributed by atoms with E-state index < -0.39 is 8.32 Å². The third-order valence-electron chi connectivity index (χ3n) is 12.4. The van der Waals surface area contributed by atoms with E-state index in [2.05, 4.69) is 60.4 Å². The quantitative estimate of drug-likeness (QED) is 0.0499. The molecule has 0 saturated carbocycles. The fourth-order valence-corrected chi connectivity index (χ4v) is 9.11. The van der Waals surface area contributed by atoms with Crippen molar-refractivity contribution in [1.29, 1.82) is 0 Å². The highest BCUT2D eigenvalue weighted by atomic mass is 28.4. The number of fused-ring (bicyclic) bond motifs is 1. The number of likely N-dealkylation sites (tertiary alicyclic amines) is 1. The van der Waals surface area contributed by atoms with E-state index in [9.17, 15) is 9.59 Å². The van der Waals surface area contributed by atoms with Crippen LogP contribution in [-0.2, 0) is 15.8 Å². The number of unbranched alkanes of at least 4 members (excludes halogenated alkanes) is 6. The van der Waals surface area contributed by atoms with Crippen LogP contribution in [0.2, 0.25) is 18.1 Å². The van der Waals surface area contributed by atoms with Gasteiger partial charge in [0.15, 0.2) is 8.32 Å². The minimum absolute atomic E-state index is 0.0473. The van der Waals surface area contributed by atoms with E-state index in [1.54, 1.807) is 6.07 Å². The zero-order valence-electron chi connectivity index (χ0n) is 37.1. The molecule has 9 nitrogen and oxygen atoms in total. The number of hydrogen-bond acceptors (Lipinski definition) is 7. The molecule has 1 atom stereocenters. The molecule has 0 aliphatic carbocycles. The number of rotatable bonds is 21. The van der Waals surface area contributed by atoms with Crippen LogP contribution < -0.4 is 20.9 Å². The summed E-state index contributed by atoms with van der Waals surface area (Å²) < 4.78 is 19.2. The van der Waals surface area contributed by atoms with Crippen molar-refractivity contribution >= 4 is 31.0 Å². The first-order valence-electron chi connectivity index (χ1n) is 22.5. The van der Waals surface area contributed by atoms with Crippen LogP contribution in [0.5, 0.6) is 5.75 Å². The van der Waals surface area contributed by atoms with Crippen LogP contribution >= 0.6 is 0 Å². The van der Waals surface area contributed by atoms with E-state index in [-0.39, 0.29) is 28.9 Å². The summed E-state index contributed by atoms with van der Waals surface area (Å²) in [5, 5.41) is 7.72. The zero-order valence-corrected chi connectivity index (χ0v) is 38.1. The van der Waals surface area contributed by atoms with Gasteiger partial charge in [0.2, 0.25) is 5.56 Å². The van der Waals surface area contributed by atoms with Crippen LogP contribution in [0.15, 0.2) is 114 Å². The molecule has 61 heavy (non-hydrogen) atoms. The Bertz CT molecular complexity index is 2160. The molecule has 3 N–H and O–H groups in total. The van der Waals surface area contributed by atoms with Gasteiger partial charge in [-0.2, -0.15) is 0 Å². The number of ether oxygens (including phenoxy) is 2. The van der Waals surface area contributed by atoms with Gasteiger partial charge in [0.05, 0.1) is 17.3 Å². The standard InChI is InChI=1S/C51H68N4O5Si/c1-51(2,3)61(4,5)60-47(43-27-29-46(49-44(43)28-30-48(56)54-49)58-38-39-21-13-11-14-22-39)37-52-33-19-9-7-6-8-10-20-34-55-35-31-41(32-36-55)59-50(57)53-45-26-18-17-25-42(45)40-23-15-12-16-24-40/h11-18,21-30,41,47,52H,6-10,19-20,31-38H2,1-5H3,(H,53,57)(H,54,56)/t47-/m0/s1. The van der Waals surface area contributed by atoms with Crippen molar-refractivity contribution in [2.75, 3.05) is 38.0 Å². The summed E-state index contributed by atoms with van der Waals surface area (Å²) in [6.07, 6.45) is 9.72. The Morgan fingerprint density at radius 2 is 1.46 bits per heavy atom. The van der Waals surface area contributed by atoms with Crippen LogP contribution in [0.4, 0.5) is 10.5 Å². The number of carbonyl (C=O) groups excluding carboxylic acids is 1. The van der Waals surface area contributed by atoms with Crippen molar-refractivity contribution in [1.82, 2.24) is 15.2 Å². The third-order valence-corrected chi connectivity index (χ3v) is 16.9. The average Bonchev–Trinajstić information content (AvgIpc) is 3.25. The first-order valence-corrected chi connectivity index (χ1v) is 25.4. The Morgan fingerprint density at radius 1 is 0.803 bits per heavy atom. The molecule has 2 heterocycles. The topological polar surface area (TPSA) is 105 Å². The molecule has 1 saturated heterocycles. The lowest BCUT2D eigenvalue weighted by Crippen LogP contribution is -2.43. The molecule has 6 rings (SSSR count). The van der Waals surface area contributed by atoms with Gasteiger partial charge in [0.1, 0.15) is 18.5 Å². The minimum Gasteiger partial charge on any atom is -0.487 e. The number of aromatic nitrogens is 1. The second kappa shape index (κ2) is 22.4. The molecule has 1 aliphatic rings. The largest absolute Gasteiger partial charge is 0.487 e. The molecular weight excluding hydrogens is 777 g/mol. The Hall–Kier alpha value is -4.74. The number of pyridine rings is 1. The van der Waals surface area contributed by atoms with Crippen molar-refractivity contribution in [3.8, 4) is 16.9 Å². The van der Waals surface area contributed by atoms with Crippen molar-refractivity contribution in [2.24, 2.45) is 0 Å². The van der Waals surface area contributed by atoms with E-state index in [4.69, 9.17) is 13.9 Å². The highest BCUT2D eigenvalue weighted by molar-refractivity contribution is 6.74. The second-order valence-electron chi connectivity index (χ2n) is 18.1. The van der Waals surface area contributed by atoms with Gasteiger partial charge in [-0.25, -0.2) is 4.79 Å². The first kappa shape index (κ1) is 45.8. The van der Waals surface area contributed by atoms with Gasteiger partial charge >= 0.3 is 6.09 Å². The fraction of sp³-hybridized carbons (Fsp3) is 0.451. The minimum atomic E-state index is -2.13. The maximum Gasteiger partial charge on any atom is 0.411 e. The van der Waals surface area contributed by atoms with Crippen LogP contribution in [0, 0.1) is 0 Å². The maximum absolute atomic E-state index is 12.8. The number of nitrogens with one attached hydrogen (secondary N) is 3. The second-order valence-corrected chi connectivity index (χ2v) is 22.8. The van der Waals surface area contributed by atoms with E-state index in [1.165, 1.54) is 38.5 Å². The van der Waals surface area contributed by atoms with Gasteiger partial charge < -0.3 is 29.1 Å². The normalized spacial score (nSPS) is 14.5. The van der Waals surface area contributed by atoms with Crippen molar-refractivity contribution in [3.63, 3.8) is 0 Å². The predicted octanol–water partition coefficient (Wildman–Crippen LogP) is 11.9. The van der Waals surface area contributed by atoms with Gasteiger partial charge in [-0.15, -0.1) is 0 Å². The van der Waals surface area contributed by atoms with Crippen molar-refractivity contribution in [2.45, 2.75) is 116 Å². The summed E-state index contributed by atoms with van der Waals surface area (Å²) in [6.45, 7) is 16.5. The zero-order chi connectivity index (χ0) is 43.1. The van der Waals surface area contributed by atoms with Crippen LogP contribution in [-0.4, -0.2) is 63.1 Å². The average molecular weight is 845 g/mol. The highest BCUT2D eigenvalue weighted by Gasteiger charge is 2.39.